The molecular weight excluding hydrogens is 326 g/mol. The van der Waals surface area contributed by atoms with Crippen LogP contribution in [0.3, 0.4) is 0 Å². The van der Waals surface area contributed by atoms with Gasteiger partial charge in [0.15, 0.2) is 0 Å². The lowest BCUT2D eigenvalue weighted by atomic mass is 9.45. The molecule has 1 saturated heterocycles. The molecule has 4 rings (SSSR count). The van der Waals surface area contributed by atoms with Crippen molar-refractivity contribution in [3.8, 4) is 0 Å². The fourth-order valence-corrected chi connectivity index (χ4v) is 9.13. The molecule has 8 atom stereocenters. The van der Waals surface area contributed by atoms with Crippen LogP contribution in [0, 0.1) is 34.5 Å². The summed E-state index contributed by atoms with van der Waals surface area (Å²) in [5, 5.41) is 0.895. The summed E-state index contributed by atoms with van der Waals surface area (Å²) >= 11 is 2.21. The third-order valence-corrected chi connectivity index (χ3v) is 10.2. The number of fused-ring (bicyclic) bond motifs is 5. The highest BCUT2D eigenvalue weighted by atomic mass is 32.2. The van der Waals surface area contributed by atoms with E-state index in [9.17, 15) is 4.79 Å². The summed E-state index contributed by atoms with van der Waals surface area (Å²) in [5.74, 6) is 5.07. The Kier molecular flexibility index (Phi) is 4.49. The first-order valence-electron chi connectivity index (χ1n) is 10.7. The molecule has 0 bridgehead atoms. The number of carbonyl (C=O) groups is 1. The van der Waals surface area contributed by atoms with Gasteiger partial charge in [0.1, 0.15) is 0 Å². The molecule has 1 amide bonds. The van der Waals surface area contributed by atoms with Crippen LogP contribution in [0.25, 0.3) is 0 Å². The van der Waals surface area contributed by atoms with Gasteiger partial charge in [-0.2, -0.15) is 11.8 Å². The first kappa shape index (κ1) is 18.2. The van der Waals surface area contributed by atoms with Crippen molar-refractivity contribution in [2.75, 3.05) is 12.8 Å². The highest BCUT2D eigenvalue weighted by Gasteiger charge is 2.61. The minimum Gasteiger partial charge on any atom is -0.342 e. The maximum Gasteiger partial charge on any atom is 0.222 e. The Hall–Kier alpha value is -0.180. The van der Waals surface area contributed by atoms with Gasteiger partial charge in [-0.05, 0) is 78.8 Å². The van der Waals surface area contributed by atoms with Gasteiger partial charge in [0.05, 0.1) is 0 Å². The van der Waals surface area contributed by atoms with Crippen molar-refractivity contribution in [1.29, 1.82) is 0 Å². The van der Waals surface area contributed by atoms with Crippen LogP contribution in [0.4, 0.5) is 0 Å². The zero-order valence-corrected chi connectivity index (χ0v) is 17.7. The van der Waals surface area contributed by atoms with Crippen molar-refractivity contribution in [2.45, 2.75) is 83.9 Å². The number of carbonyl (C=O) groups excluding carboxylic acids is 1. The van der Waals surface area contributed by atoms with Crippen LogP contribution in [-0.4, -0.2) is 34.9 Å². The summed E-state index contributed by atoms with van der Waals surface area (Å²) in [4.78, 5) is 14.5. The summed E-state index contributed by atoms with van der Waals surface area (Å²) in [7, 11) is 2.08. The molecule has 0 radical (unpaired) electrons. The zero-order valence-electron chi connectivity index (χ0n) is 16.9. The molecule has 1 heterocycles. The van der Waals surface area contributed by atoms with Gasteiger partial charge in [-0.25, -0.2) is 0 Å². The van der Waals surface area contributed by atoms with Gasteiger partial charge < -0.3 is 4.90 Å². The van der Waals surface area contributed by atoms with E-state index in [4.69, 9.17) is 0 Å². The van der Waals surface area contributed by atoms with E-state index >= 15 is 0 Å². The van der Waals surface area contributed by atoms with Crippen molar-refractivity contribution in [3.63, 3.8) is 0 Å². The molecule has 0 aromatic rings. The standard InChI is InChI=1S/C22H37NOS/c1-6-25-15-12-17-20-14(2)11-18-22(4,10-8-19(24)23(18)5)16(20)7-9-21(17,3)13-15/h14-18,20H,6-13H2,1-5H3/t14?,15-,16-,17-,18+,20?,21+,22+/m0/s1. The van der Waals surface area contributed by atoms with E-state index in [1.54, 1.807) is 0 Å². The predicted molar refractivity (Wildman–Crippen MR) is 107 cm³/mol. The average Bonchev–Trinajstić information content (AvgIpc) is 2.90. The molecule has 2 nitrogen and oxygen atoms in total. The van der Waals surface area contributed by atoms with Crippen LogP contribution < -0.4 is 0 Å². The Morgan fingerprint density at radius 1 is 1.20 bits per heavy atom. The van der Waals surface area contributed by atoms with Gasteiger partial charge in [0, 0.05) is 24.8 Å². The Morgan fingerprint density at radius 2 is 1.96 bits per heavy atom. The summed E-state index contributed by atoms with van der Waals surface area (Å²) in [6.07, 6.45) is 8.87. The monoisotopic (exact) mass is 363 g/mol. The lowest BCUT2D eigenvalue weighted by molar-refractivity contribution is -0.164. The molecule has 4 fully saturated rings. The molecule has 3 heteroatoms. The number of nitrogens with zero attached hydrogens (tertiary/aromatic N) is 1. The largest absolute Gasteiger partial charge is 0.342 e. The Labute approximate surface area is 158 Å². The van der Waals surface area contributed by atoms with Gasteiger partial charge in [0.2, 0.25) is 5.91 Å². The number of rotatable bonds is 2. The fourth-order valence-electron chi connectivity index (χ4n) is 7.82. The van der Waals surface area contributed by atoms with E-state index in [1.807, 2.05) is 0 Å². The molecule has 4 aliphatic rings. The molecule has 0 aromatic carbocycles. The highest BCUT2D eigenvalue weighted by molar-refractivity contribution is 7.99. The Morgan fingerprint density at radius 3 is 2.68 bits per heavy atom. The van der Waals surface area contributed by atoms with Crippen LogP contribution in [0.5, 0.6) is 0 Å². The maximum atomic E-state index is 12.3. The van der Waals surface area contributed by atoms with Crippen LogP contribution in [0.15, 0.2) is 0 Å². The molecule has 2 unspecified atom stereocenters. The van der Waals surface area contributed by atoms with E-state index in [0.29, 0.717) is 22.8 Å². The normalized spacial score (nSPS) is 52.5. The number of likely N-dealkylation sites (tertiary alicyclic amines) is 1. The van der Waals surface area contributed by atoms with Gasteiger partial charge >= 0.3 is 0 Å². The van der Waals surface area contributed by atoms with Crippen LogP contribution in [-0.2, 0) is 4.79 Å². The van der Waals surface area contributed by atoms with Crippen molar-refractivity contribution in [1.82, 2.24) is 4.90 Å². The highest BCUT2D eigenvalue weighted by Crippen LogP contribution is 2.66. The summed E-state index contributed by atoms with van der Waals surface area (Å²) < 4.78 is 0. The van der Waals surface area contributed by atoms with E-state index in [0.717, 1.165) is 41.8 Å². The van der Waals surface area contributed by atoms with E-state index in [-0.39, 0.29) is 0 Å². The first-order chi connectivity index (χ1) is 11.8. The topological polar surface area (TPSA) is 20.3 Å². The third kappa shape index (κ3) is 2.62. The number of hydrogen-bond donors (Lipinski definition) is 0. The number of amides is 1. The van der Waals surface area contributed by atoms with Gasteiger partial charge in [-0.1, -0.05) is 27.7 Å². The zero-order chi connectivity index (χ0) is 18.0. The minimum absolute atomic E-state index is 0.358. The summed E-state index contributed by atoms with van der Waals surface area (Å²) in [6.45, 7) is 9.99. The van der Waals surface area contributed by atoms with Crippen molar-refractivity contribution >= 4 is 17.7 Å². The second kappa shape index (κ2) is 6.17. The van der Waals surface area contributed by atoms with Gasteiger partial charge in [-0.15, -0.1) is 0 Å². The quantitative estimate of drug-likeness (QED) is 0.670. The van der Waals surface area contributed by atoms with E-state index in [2.05, 4.69) is 51.4 Å². The molecule has 25 heavy (non-hydrogen) atoms. The lowest BCUT2D eigenvalue weighted by Crippen LogP contribution is -2.62. The Bertz CT molecular complexity index is 550. The molecular formula is C22H37NOS. The van der Waals surface area contributed by atoms with E-state index < -0.39 is 0 Å². The summed E-state index contributed by atoms with van der Waals surface area (Å²) in [6, 6.07) is 0.483. The van der Waals surface area contributed by atoms with E-state index in [1.165, 1.54) is 37.9 Å². The Balaban J connectivity index is 1.64. The first-order valence-corrected chi connectivity index (χ1v) is 11.7. The van der Waals surface area contributed by atoms with Gasteiger partial charge in [-0.3, -0.25) is 4.79 Å². The van der Waals surface area contributed by atoms with Crippen LogP contribution in [0.1, 0.15) is 72.6 Å². The van der Waals surface area contributed by atoms with Crippen molar-refractivity contribution < 1.29 is 4.79 Å². The van der Waals surface area contributed by atoms with Gasteiger partial charge in [0.25, 0.3) is 0 Å². The smallest absolute Gasteiger partial charge is 0.222 e. The van der Waals surface area contributed by atoms with Crippen molar-refractivity contribution in [3.05, 3.63) is 0 Å². The number of piperidine rings is 1. The van der Waals surface area contributed by atoms with Crippen molar-refractivity contribution in [2.24, 2.45) is 34.5 Å². The molecule has 3 aliphatic carbocycles. The lowest BCUT2D eigenvalue weighted by Gasteiger charge is -2.63. The van der Waals surface area contributed by atoms with Crippen LogP contribution in [0.2, 0.25) is 0 Å². The molecule has 0 aromatic heterocycles. The average molecular weight is 364 g/mol. The SMILES string of the molecule is CCS[C@H]1C[C@H]2C3C(C)C[C@H]4N(C)C(=O)CC[C@]4(C)[C@H]3CC[C@]2(C)C1. The molecule has 1 aliphatic heterocycles. The molecule has 0 spiro atoms. The summed E-state index contributed by atoms with van der Waals surface area (Å²) in [5.41, 5.74) is 0.943. The maximum absolute atomic E-state index is 12.3. The number of thioether (sulfide) groups is 1. The second-order valence-electron chi connectivity index (χ2n) is 10.2. The minimum atomic E-state index is 0.358. The second-order valence-corrected chi connectivity index (χ2v) is 11.8. The fraction of sp³-hybridized carbons (Fsp3) is 0.955. The predicted octanol–water partition coefficient (Wildman–Crippen LogP) is 5.22. The molecule has 142 valence electrons. The third-order valence-electron chi connectivity index (χ3n) is 9.06. The number of hydrogen-bond acceptors (Lipinski definition) is 2. The molecule has 0 N–H and O–H groups in total. The molecule has 3 saturated carbocycles. The van der Waals surface area contributed by atoms with Crippen LogP contribution >= 0.6 is 11.8 Å².